The molecule has 0 fully saturated rings. The van der Waals surface area contributed by atoms with Gasteiger partial charge in [-0.15, -0.1) is 5.92 Å². The molecule has 0 amide bonds. The van der Waals surface area contributed by atoms with Crippen LogP contribution in [0.15, 0.2) is 11.8 Å². The maximum atomic E-state index is 10.9. The summed E-state index contributed by atoms with van der Waals surface area (Å²) < 4.78 is 9.77. The first kappa shape index (κ1) is 11.6. The third-order valence-corrected chi connectivity index (χ3v) is 1.16. The number of hydrogen-bond acceptors (Lipinski definition) is 3. The summed E-state index contributed by atoms with van der Waals surface area (Å²) >= 11 is 0. The normalized spacial score (nSPS) is 9.92. The first-order valence-corrected chi connectivity index (χ1v) is 4.08. The Morgan fingerprint density at radius 3 is 2.69 bits per heavy atom. The monoisotopic (exact) mass is 182 g/mol. The molecule has 0 aliphatic rings. The molecular weight excluding hydrogens is 168 g/mol. The van der Waals surface area contributed by atoms with Gasteiger partial charge in [-0.1, -0.05) is 5.92 Å². The van der Waals surface area contributed by atoms with Crippen molar-refractivity contribution in [2.24, 2.45) is 0 Å². The maximum absolute atomic E-state index is 10.9. The van der Waals surface area contributed by atoms with Crippen LogP contribution >= 0.6 is 0 Å². The molecule has 3 nitrogen and oxygen atoms in total. The predicted octanol–water partition coefficient (Wildman–Crippen LogP) is 1.49. The molecule has 0 aromatic carbocycles. The van der Waals surface area contributed by atoms with E-state index in [0.29, 0.717) is 19.0 Å². The smallest absolute Gasteiger partial charge is 0.334 e. The molecule has 0 rings (SSSR count). The Kier molecular flexibility index (Phi) is 6.44. The minimum absolute atomic E-state index is 0.304. The number of carbonyl (C=O) groups is 1. The summed E-state index contributed by atoms with van der Waals surface area (Å²) in [4.78, 5) is 10.9. The van der Waals surface area contributed by atoms with E-state index in [1.54, 1.807) is 20.8 Å². The second-order valence-corrected chi connectivity index (χ2v) is 2.22. The van der Waals surface area contributed by atoms with Gasteiger partial charge in [0, 0.05) is 0 Å². The Morgan fingerprint density at radius 1 is 1.46 bits per heavy atom. The molecule has 0 saturated heterocycles. The molecule has 13 heavy (non-hydrogen) atoms. The van der Waals surface area contributed by atoms with Crippen molar-refractivity contribution in [3.63, 3.8) is 0 Å². The fourth-order valence-electron chi connectivity index (χ4n) is 0.614. The standard InChI is InChI=1S/C10H14O3/c1-4-6-7-13-9(3)8-10(11)12-5-2/h8H,5,7H2,1-3H3/b9-8+. The largest absolute Gasteiger partial charge is 0.485 e. The van der Waals surface area contributed by atoms with Crippen molar-refractivity contribution in [3.8, 4) is 11.8 Å². The zero-order valence-corrected chi connectivity index (χ0v) is 8.22. The van der Waals surface area contributed by atoms with E-state index in [2.05, 4.69) is 16.6 Å². The van der Waals surface area contributed by atoms with Gasteiger partial charge >= 0.3 is 5.97 Å². The van der Waals surface area contributed by atoms with E-state index >= 15 is 0 Å². The van der Waals surface area contributed by atoms with Gasteiger partial charge in [-0.2, -0.15) is 0 Å². The third kappa shape index (κ3) is 6.95. The number of hydrogen-bond donors (Lipinski definition) is 0. The van der Waals surface area contributed by atoms with Gasteiger partial charge in [-0.05, 0) is 20.8 Å². The highest BCUT2D eigenvalue weighted by molar-refractivity contribution is 5.82. The van der Waals surface area contributed by atoms with Crippen molar-refractivity contribution in [1.82, 2.24) is 0 Å². The number of ether oxygens (including phenoxy) is 2. The summed E-state index contributed by atoms with van der Waals surface area (Å²) in [5.74, 6) is 5.53. The Morgan fingerprint density at radius 2 is 2.15 bits per heavy atom. The van der Waals surface area contributed by atoms with Crippen molar-refractivity contribution >= 4 is 5.97 Å². The molecule has 72 valence electrons. The molecule has 0 aromatic heterocycles. The molecule has 0 atom stereocenters. The fourth-order valence-corrected chi connectivity index (χ4v) is 0.614. The molecule has 0 unspecified atom stereocenters. The van der Waals surface area contributed by atoms with Crippen molar-refractivity contribution in [2.45, 2.75) is 20.8 Å². The van der Waals surface area contributed by atoms with Crippen LogP contribution in [0.3, 0.4) is 0 Å². The lowest BCUT2D eigenvalue weighted by atomic mass is 10.5. The second kappa shape index (κ2) is 7.23. The maximum Gasteiger partial charge on any atom is 0.334 e. The predicted molar refractivity (Wildman–Crippen MR) is 49.8 cm³/mol. The SMILES string of the molecule is CC#CCO/C(C)=C/C(=O)OCC. The highest BCUT2D eigenvalue weighted by Gasteiger charge is 1.97. The topological polar surface area (TPSA) is 35.5 Å². The van der Waals surface area contributed by atoms with Crippen molar-refractivity contribution in [2.75, 3.05) is 13.2 Å². The highest BCUT2D eigenvalue weighted by Crippen LogP contribution is 1.95. The minimum Gasteiger partial charge on any atom is -0.485 e. The van der Waals surface area contributed by atoms with E-state index in [1.165, 1.54) is 6.08 Å². The fraction of sp³-hybridized carbons (Fsp3) is 0.500. The van der Waals surface area contributed by atoms with Gasteiger partial charge in [-0.25, -0.2) is 4.79 Å². The lowest BCUT2D eigenvalue weighted by molar-refractivity contribution is -0.137. The average Bonchev–Trinajstić information content (AvgIpc) is 2.05. The summed E-state index contributed by atoms with van der Waals surface area (Å²) in [7, 11) is 0. The Labute approximate surface area is 78.7 Å². The van der Waals surface area contributed by atoms with E-state index in [4.69, 9.17) is 4.74 Å². The summed E-state index contributed by atoms with van der Waals surface area (Å²) in [6, 6.07) is 0. The van der Waals surface area contributed by atoms with Crippen LogP contribution in [0.4, 0.5) is 0 Å². The van der Waals surface area contributed by atoms with E-state index in [-0.39, 0.29) is 5.97 Å². The van der Waals surface area contributed by atoms with Gasteiger partial charge in [-0.3, -0.25) is 0 Å². The highest BCUT2D eigenvalue weighted by atomic mass is 16.5. The van der Waals surface area contributed by atoms with Crippen LogP contribution in [-0.4, -0.2) is 19.2 Å². The van der Waals surface area contributed by atoms with Gasteiger partial charge in [0.25, 0.3) is 0 Å². The lowest BCUT2D eigenvalue weighted by Crippen LogP contribution is -2.01. The molecule has 0 heterocycles. The van der Waals surface area contributed by atoms with Gasteiger partial charge in [0.2, 0.25) is 0 Å². The molecule has 0 aromatic rings. The number of allylic oxidation sites excluding steroid dienone is 1. The van der Waals surface area contributed by atoms with Crippen LogP contribution in [0.1, 0.15) is 20.8 Å². The van der Waals surface area contributed by atoms with Crippen LogP contribution in [0, 0.1) is 11.8 Å². The zero-order valence-electron chi connectivity index (χ0n) is 8.22. The lowest BCUT2D eigenvalue weighted by Gasteiger charge is -2.01. The molecule has 0 aliphatic carbocycles. The first-order valence-electron chi connectivity index (χ1n) is 4.08. The molecule has 3 heteroatoms. The van der Waals surface area contributed by atoms with Crippen LogP contribution in [0.5, 0.6) is 0 Å². The molecule has 0 saturated carbocycles. The van der Waals surface area contributed by atoms with Gasteiger partial charge in [0.15, 0.2) is 0 Å². The first-order chi connectivity index (χ1) is 6.20. The molecule has 0 aliphatic heterocycles. The van der Waals surface area contributed by atoms with E-state index < -0.39 is 0 Å². The third-order valence-electron chi connectivity index (χ3n) is 1.16. The van der Waals surface area contributed by atoms with Crippen molar-refractivity contribution < 1.29 is 14.3 Å². The number of esters is 1. The number of carbonyl (C=O) groups excluding carboxylic acids is 1. The van der Waals surface area contributed by atoms with Crippen LogP contribution in [-0.2, 0) is 14.3 Å². The second-order valence-electron chi connectivity index (χ2n) is 2.22. The van der Waals surface area contributed by atoms with Crippen LogP contribution in [0.2, 0.25) is 0 Å². The Hall–Kier alpha value is -1.43. The van der Waals surface area contributed by atoms with E-state index in [0.717, 1.165) is 0 Å². The van der Waals surface area contributed by atoms with E-state index in [9.17, 15) is 4.79 Å². The van der Waals surface area contributed by atoms with Crippen LogP contribution in [0.25, 0.3) is 0 Å². The minimum atomic E-state index is -0.385. The Balaban J connectivity index is 3.84. The zero-order chi connectivity index (χ0) is 10.1. The number of rotatable bonds is 4. The molecule has 0 N–H and O–H groups in total. The summed E-state index contributed by atoms with van der Waals surface area (Å²) in [5.41, 5.74) is 0. The molecule has 0 spiro atoms. The van der Waals surface area contributed by atoms with Gasteiger partial charge < -0.3 is 9.47 Å². The van der Waals surface area contributed by atoms with Crippen LogP contribution < -0.4 is 0 Å². The Bertz CT molecular complexity index is 243. The molecule has 0 bridgehead atoms. The summed E-state index contributed by atoms with van der Waals surface area (Å²) in [6.07, 6.45) is 1.31. The quantitative estimate of drug-likeness (QED) is 0.286. The van der Waals surface area contributed by atoms with Crippen molar-refractivity contribution in [3.05, 3.63) is 11.8 Å². The van der Waals surface area contributed by atoms with E-state index in [1.807, 2.05) is 0 Å². The van der Waals surface area contributed by atoms with Gasteiger partial charge in [0.1, 0.15) is 12.4 Å². The summed E-state index contributed by atoms with van der Waals surface area (Å²) in [5, 5.41) is 0. The van der Waals surface area contributed by atoms with Crippen molar-refractivity contribution in [1.29, 1.82) is 0 Å². The molecule has 0 radical (unpaired) electrons. The molecular formula is C10H14O3. The average molecular weight is 182 g/mol. The summed E-state index contributed by atoms with van der Waals surface area (Å²) in [6.45, 7) is 5.85. The van der Waals surface area contributed by atoms with Gasteiger partial charge in [0.05, 0.1) is 12.7 Å².